The topological polar surface area (TPSA) is 45.2 Å². The molecule has 2 saturated heterocycles. The second-order valence-corrected chi connectivity index (χ2v) is 8.59. The molecule has 1 spiro atoms. The molecule has 1 aliphatic carbocycles. The fourth-order valence-electron chi connectivity index (χ4n) is 7.35. The molecule has 0 radical (unpaired) electrons. The number of methoxy groups -OCH3 is 2. The Bertz CT molecular complexity index is 824. The van der Waals surface area contributed by atoms with Crippen molar-refractivity contribution in [1.82, 2.24) is 4.90 Å². The van der Waals surface area contributed by atoms with E-state index in [0.29, 0.717) is 11.8 Å². The second-order valence-electron chi connectivity index (χ2n) is 8.59. The zero-order valence-corrected chi connectivity index (χ0v) is 15.4. The number of aliphatic hydroxyl groups excluding tert-OH is 1. The molecule has 4 aliphatic heterocycles. The number of benzene rings is 1. The van der Waals surface area contributed by atoms with Gasteiger partial charge in [-0.2, -0.15) is 0 Å². The number of fused-ring (bicyclic) bond motifs is 3. The molecule has 1 saturated carbocycles. The minimum atomic E-state index is -0.445. The van der Waals surface area contributed by atoms with Crippen LogP contribution in [0.1, 0.15) is 37.2 Å². The van der Waals surface area contributed by atoms with Crippen molar-refractivity contribution in [3.63, 3.8) is 0 Å². The maximum Gasteiger partial charge on any atom is 0.162 e. The fraction of sp³-hybridized carbons (Fsp3) is 0.619. The van der Waals surface area contributed by atoms with Crippen molar-refractivity contribution in [3.05, 3.63) is 29.8 Å². The van der Waals surface area contributed by atoms with Gasteiger partial charge in [0.15, 0.2) is 11.5 Å². The Kier molecular flexibility index (Phi) is 2.81. The standard InChI is InChI=1S/C21H26N2O3/c1-25-17-10-14-13-5-9-22-8-3-6-20-7-4-15(13)21(20,22)23(19(24)12-20)16(14)11-18(17)26-2/h3,6,10-11,13,15,19,24H,4-5,7-9,12H2,1-2H3/t13-,15-,19?,20-,21-/m0/s1. The van der Waals surface area contributed by atoms with Gasteiger partial charge in [0.1, 0.15) is 11.9 Å². The van der Waals surface area contributed by atoms with Gasteiger partial charge in [-0.25, -0.2) is 0 Å². The largest absolute Gasteiger partial charge is 0.493 e. The zero-order chi connectivity index (χ0) is 17.7. The molecule has 5 nitrogen and oxygen atoms in total. The molecule has 4 heterocycles. The Morgan fingerprint density at radius 1 is 1.15 bits per heavy atom. The number of aliphatic hydroxyl groups is 1. The van der Waals surface area contributed by atoms with E-state index < -0.39 is 6.23 Å². The summed E-state index contributed by atoms with van der Waals surface area (Å²) in [5.41, 5.74) is 2.51. The van der Waals surface area contributed by atoms with Crippen LogP contribution >= 0.6 is 0 Å². The van der Waals surface area contributed by atoms with Crippen LogP contribution < -0.4 is 14.4 Å². The number of ether oxygens (including phenoxy) is 2. The SMILES string of the molecule is COc1cc2c(cc1OC)N1C(O)C[C@]34C=CCN5CC[C@@H]2[C@H](CC3)[C@]514. The molecule has 1 aromatic rings. The Hall–Kier alpha value is -1.72. The molecule has 5 aliphatic rings. The summed E-state index contributed by atoms with van der Waals surface area (Å²) in [6, 6.07) is 4.27. The quantitative estimate of drug-likeness (QED) is 0.828. The first-order valence-corrected chi connectivity index (χ1v) is 9.82. The van der Waals surface area contributed by atoms with Gasteiger partial charge in [0, 0.05) is 42.6 Å². The molecule has 1 N–H and O–H groups in total. The van der Waals surface area contributed by atoms with Crippen molar-refractivity contribution in [3.8, 4) is 11.5 Å². The van der Waals surface area contributed by atoms with Gasteiger partial charge in [-0.3, -0.25) is 4.90 Å². The first-order valence-electron chi connectivity index (χ1n) is 9.82. The third kappa shape index (κ3) is 1.42. The van der Waals surface area contributed by atoms with E-state index in [1.165, 1.54) is 24.8 Å². The first kappa shape index (κ1) is 15.3. The average molecular weight is 354 g/mol. The Balaban J connectivity index is 1.66. The molecule has 138 valence electrons. The summed E-state index contributed by atoms with van der Waals surface area (Å²) in [6.07, 6.45) is 8.77. The van der Waals surface area contributed by atoms with Gasteiger partial charge in [0.05, 0.1) is 14.2 Å². The highest BCUT2D eigenvalue weighted by molar-refractivity contribution is 5.70. The molecule has 3 fully saturated rings. The van der Waals surface area contributed by atoms with Crippen LogP contribution in [-0.2, 0) is 0 Å². The molecule has 26 heavy (non-hydrogen) atoms. The van der Waals surface area contributed by atoms with Crippen LogP contribution in [0.25, 0.3) is 0 Å². The van der Waals surface area contributed by atoms with Gasteiger partial charge < -0.3 is 19.5 Å². The maximum absolute atomic E-state index is 11.2. The number of anilines is 1. The smallest absolute Gasteiger partial charge is 0.162 e. The van der Waals surface area contributed by atoms with Crippen LogP contribution in [0, 0.1) is 11.3 Å². The molecule has 2 bridgehead atoms. The predicted octanol–water partition coefficient (Wildman–Crippen LogP) is 2.70. The Morgan fingerprint density at radius 3 is 2.77 bits per heavy atom. The lowest BCUT2D eigenvalue weighted by molar-refractivity contribution is -0.0459. The van der Waals surface area contributed by atoms with Crippen molar-refractivity contribution < 1.29 is 14.6 Å². The molecule has 0 amide bonds. The summed E-state index contributed by atoms with van der Waals surface area (Å²) in [6.45, 7) is 2.10. The molecular weight excluding hydrogens is 328 g/mol. The summed E-state index contributed by atoms with van der Waals surface area (Å²) < 4.78 is 11.2. The second kappa shape index (κ2) is 4.76. The fourth-order valence-corrected chi connectivity index (χ4v) is 7.35. The van der Waals surface area contributed by atoms with Crippen LogP contribution in [0.3, 0.4) is 0 Å². The number of hydrogen-bond acceptors (Lipinski definition) is 5. The minimum Gasteiger partial charge on any atom is -0.493 e. The van der Waals surface area contributed by atoms with Gasteiger partial charge >= 0.3 is 0 Å². The van der Waals surface area contributed by atoms with Crippen LogP contribution in [0.15, 0.2) is 24.3 Å². The van der Waals surface area contributed by atoms with E-state index in [1.54, 1.807) is 14.2 Å². The molecule has 1 aromatic carbocycles. The monoisotopic (exact) mass is 354 g/mol. The highest BCUT2D eigenvalue weighted by Crippen LogP contribution is 2.72. The summed E-state index contributed by atoms with van der Waals surface area (Å²) in [4.78, 5) is 5.03. The van der Waals surface area contributed by atoms with Crippen LogP contribution in [0.2, 0.25) is 0 Å². The van der Waals surface area contributed by atoms with Gasteiger partial charge in [0.25, 0.3) is 0 Å². The number of piperidine rings is 1. The highest BCUT2D eigenvalue weighted by atomic mass is 16.5. The molecule has 5 atom stereocenters. The van der Waals surface area contributed by atoms with E-state index in [9.17, 15) is 5.11 Å². The first-order chi connectivity index (χ1) is 12.7. The molecular formula is C21H26N2O3. The van der Waals surface area contributed by atoms with E-state index in [1.807, 2.05) is 0 Å². The average Bonchev–Trinajstić information content (AvgIpc) is 3.12. The van der Waals surface area contributed by atoms with Crippen molar-refractivity contribution in [2.45, 2.75) is 43.5 Å². The number of nitrogens with zero attached hydrogens (tertiary/aromatic N) is 2. The van der Waals surface area contributed by atoms with Crippen molar-refractivity contribution in [1.29, 1.82) is 0 Å². The van der Waals surface area contributed by atoms with E-state index in [2.05, 4.69) is 34.1 Å². The lowest BCUT2D eigenvalue weighted by atomic mass is 9.63. The van der Waals surface area contributed by atoms with Gasteiger partial charge in [-0.1, -0.05) is 12.2 Å². The number of rotatable bonds is 2. The summed E-state index contributed by atoms with van der Waals surface area (Å²) in [5.74, 6) is 2.66. The van der Waals surface area contributed by atoms with Crippen LogP contribution in [0.5, 0.6) is 11.5 Å². The number of hydrogen-bond donors (Lipinski definition) is 1. The highest BCUT2D eigenvalue weighted by Gasteiger charge is 2.75. The molecule has 1 unspecified atom stereocenters. The molecule has 6 rings (SSSR count). The zero-order valence-electron chi connectivity index (χ0n) is 15.4. The molecule has 5 heteroatoms. The van der Waals surface area contributed by atoms with E-state index >= 15 is 0 Å². The third-order valence-electron chi connectivity index (χ3n) is 8.00. The summed E-state index contributed by atoms with van der Waals surface area (Å²) in [7, 11) is 3.39. The van der Waals surface area contributed by atoms with E-state index in [-0.39, 0.29) is 11.1 Å². The van der Waals surface area contributed by atoms with Crippen LogP contribution in [-0.4, -0.2) is 49.2 Å². The minimum absolute atomic E-state index is 0.0588. The molecule has 0 aromatic heterocycles. The van der Waals surface area contributed by atoms with Gasteiger partial charge in [-0.15, -0.1) is 0 Å². The van der Waals surface area contributed by atoms with Crippen molar-refractivity contribution in [2.75, 3.05) is 32.2 Å². The van der Waals surface area contributed by atoms with E-state index in [4.69, 9.17) is 9.47 Å². The summed E-state index contributed by atoms with van der Waals surface area (Å²) in [5, 5.41) is 11.2. The summed E-state index contributed by atoms with van der Waals surface area (Å²) >= 11 is 0. The lowest BCUT2D eigenvalue weighted by Crippen LogP contribution is -2.72. The van der Waals surface area contributed by atoms with Crippen LogP contribution in [0.4, 0.5) is 5.69 Å². The van der Waals surface area contributed by atoms with Crippen molar-refractivity contribution >= 4 is 5.69 Å². The van der Waals surface area contributed by atoms with Gasteiger partial charge in [0.2, 0.25) is 0 Å². The maximum atomic E-state index is 11.2. The third-order valence-corrected chi connectivity index (χ3v) is 8.00. The van der Waals surface area contributed by atoms with Gasteiger partial charge in [-0.05, 0) is 36.8 Å². The Morgan fingerprint density at radius 2 is 1.96 bits per heavy atom. The lowest BCUT2D eigenvalue weighted by Gasteiger charge is -2.64. The van der Waals surface area contributed by atoms with Crippen molar-refractivity contribution in [2.24, 2.45) is 11.3 Å². The predicted molar refractivity (Wildman–Crippen MR) is 98.6 cm³/mol. The normalized spacial score (nSPS) is 41.8. The Labute approximate surface area is 154 Å². The van der Waals surface area contributed by atoms with E-state index in [0.717, 1.165) is 36.7 Å².